The van der Waals surface area contributed by atoms with Gasteiger partial charge in [-0.05, 0) is 57.9 Å². The third-order valence-electron chi connectivity index (χ3n) is 4.72. The van der Waals surface area contributed by atoms with Crippen molar-refractivity contribution in [3.8, 4) is 5.75 Å². The van der Waals surface area contributed by atoms with Crippen LogP contribution in [-0.4, -0.2) is 56.6 Å². The van der Waals surface area contributed by atoms with Gasteiger partial charge in [0, 0.05) is 12.6 Å². The number of nitrogens with zero attached hydrogens (tertiary/aromatic N) is 4. The van der Waals surface area contributed by atoms with Gasteiger partial charge in [-0.2, -0.15) is 5.10 Å². The number of benzene rings is 1. The van der Waals surface area contributed by atoms with E-state index >= 15 is 0 Å². The van der Waals surface area contributed by atoms with Crippen LogP contribution in [0.5, 0.6) is 5.75 Å². The zero-order valence-corrected chi connectivity index (χ0v) is 15.4. The molecular weight excluding hydrogens is 316 g/mol. The predicted molar refractivity (Wildman–Crippen MR) is 96.8 cm³/mol. The van der Waals surface area contributed by atoms with Crippen LogP contribution in [0, 0.1) is 20.8 Å². The molecule has 25 heavy (non-hydrogen) atoms. The topological polar surface area (TPSA) is 63.4 Å². The lowest BCUT2D eigenvalue weighted by molar-refractivity contribution is 0.0608. The zero-order valence-electron chi connectivity index (χ0n) is 15.4. The van der Waals surface area contributed by atoms with Crippen LogP contribution in [0.3, 0.4) is 0 Å². The van der Waals surface area contributed by atoms with Crippen molar-refractivity contribution < 1.29 is 9.84 Å². The molecule has 1 aromatic carbocycles. The first-order chi connectivity index (χ1) is 12.0. The number of likely N-dealkylation sites (tertiary alicyclic amines) is 1. The van der Waals surface area contributed by atoms with Gasteiger partial charge in [0.2, 0.25) is 0 Å². The van der Waals surface area contributed by atoms with Gasteiger partial charge >= 0.3 is 0 Å². The van der Waals surface area contributed by atoms with Crippen molar-refractivity contribution in [2.24, 2.45) is 0 Å². The molecule has 2 heterocycles. The first-order valence-electron chi connectivity index (χ1n) is 9.01. The maximum atomic E-state index is 10.4. The monoisotopic (exact) mass is 344 g/mol. The summed E-state index contributed by atoms with van der Waals surface area (Å²) in [4.78, 5) is 6.72. The molecule has 2 atom stereocenters. The van der Waals surface area contributed by atoms with E-state index in [1.807, 2.05) is 49.7 Å². The molecule has 0 unspecified atom stereocenters. The number of rotatable bonds is 7. The Hall–Kier alpha value is -1.92. The van der Waals surface area contributed by atoms with E-state index in [4.69, 9.17) is 4.74 Å². The molecule has 0 aliphatic carbocycles. The van der Waals surface area contributed by atoms with E-state index in [1.54, 1.807) is 0 Å². The number of hydrogen-bond acceptors (Lipinski definition) is 5. The van der Waals surface area contributed by atoms with Crippen molar-refractivity contribution in [3.63, 3.8) is 0 Å². The van der Waals surface area contributed by atoms with Gasteiger partial charge < -0.3 is 9.84 Å². The van der Waals surface area contributed by atoms with E-state index in [-0.39, 0.29) is 0 Å². The summed E-state index contributed by atoms with van der Waals surface area (Å²) in [5.74, 6) is 2.58. The number of aryl methyl sites for hydroxylation is 3. The van der Waals surface area contributed by atoms with E-state index in [9.17, 15) is 5.11 Å². The van der Waals surface area contributed by atoms with Crippen molar-refractivity contribution in [2.45, 2.75) is 52.3 Å². The number of aromatic nitrogens is 3. The third kappa shape index (κ3) is 4.80. The summed E-state index contributed by atoms with van der Waals surface area (Å²) in [6.07, 6.45) is 1.78. The number of aliphatic hydroxyl groups excluding tert-OH is 1. The lowest BCUT2D eigenvalue weighted by atomic mass is 10.2. The van der Waals surface area contributed by atoms with Crippen LogP contribution in [-0.2, 0) is 6.54 Å². The minimum atomic E-state index is -0.500. The Kier molecular flexibility index (Phi) is 5.71. The minimum Gasteiger partial charge on any atom is -0.491 e. The van der Waals surface area contributed by atoms with Gasteiger partial charge in [0.05, 0.1) is 6.54 Å². The molecule has 1 aliphatic heterocycles. The molecule has 6 heteroatoms. The van der Waals surface area contributed by atoms with Gasteiger partial charge in [0.15, 0.2) is 0 Å². The summed E-state index contributed by atoms with van der Waals surface area (Å²) in [5, 5.41) is 14.8. The molecule has 1 saturated heterocycles. The molecule has 3 rings (SSSR count). The second-order valence-corrected chi connectivity index (χ2v) is 6.96. The molecule has 0 amide bonds. The summed E-state index contributed by atoms with van der Waals surface area (Å²) < 4.78 is 7.71. The van der Waals surface area contributed by atoms with Gasteiger partial charge in [-0.25, -0.2) is 9.67 Å². The molecule has 0 bridgehead atoms. The highest BCUT2D eigenvalue weighted by atomic mass is 16.5. The first-order valence-corrected chi connectivity index (χ1v) is 9.01. The number of β-amino-alcohol motifs (C(OH)–C–C–N with tert-alkyl or cyclic N) is 1. The van der Waals surface area contributed by atoms with E-state index < -0.39 is 6.10 Å². The van der Waals surface area contributed by atoms with Crippen molar-refractivity contribution >= 4 is 0 Å². The highest BCUT2D eigenvalue weighted by molar-refractivity contribution is 5.27. The lowest BCUT2D eigenvalue weighted by Gasteiger charge is -2.27. The van der Waals surface area contributed by atoms with E-state index in [2.05, 4.69) is 15.0 Å². The Bertz CT molecular complexity index is 700. The predicted octanol–water partition coefficient (Wildman–Crippen LogP) is 2.11. The molecule has 0 saturated carbocycles. The molecule has 6 nitrogen and oxygen atoms in total. The molecule has 1 N–H and O–H groups in total. The minimum absolute atomic E-state index is 0.314. The van der Waals surface area contributed by atoms with Crippen molar-refractivity contribution in [1.82, 2.24) is 19.7 Å². The van der Waals surface area contributed by atoms with Gasteiger partial charge in [0.1, 0.15) is 30.1 Å². The van der Waals surface area contributed by atoms with E-state index in [1.165, 1.54) is 0 Å². The van der Waals surface area contributed by atoms with Gasteiger partial charge in [0.25, 0.3) is 0 Å². The zero-order chi connectivity index (χ0) is 17.8. The van der Waals surface area contributed by atoms with E-state index in [0.29, 0.717) is 19.2 Å². The molecule has 1 fully saturated rings. The second kappa shape index (κ2) is 7.97. The van der Waals surface area contributed by atoms with Crippen molar-refractivity contribution in [3.05, 3.63) is 41.5 Å². The number of aliphatic hydroxyl groups is 1. The molecular formula is C19H28N4O2. The van der Waals surface area contributed by atoms with Crippen molar-refractivity contribution in [1.29, 1.82) is 0 Å². The van der Waals surface area contributed by atoms with E-state index in [0.717, 1.165) is 48.9 Å². The maximum Gasteiger partial charge on any atom is 0.147 e. The molecule has 1 aromatic heterocycles. The lowest BCUT2D eigenvalue weighted by Crippen LogP contribution is -2.40. The highest BCUT2D eigenvalue weighted by Crippen LogP contribution is 2.20. The second-order valence-electron chi connectivity index (χ2n) is 6.96. The Labute approximate surface area is 149 Å². The largest absolute Gasteiger partial charge is 0.491 e. The molecule has 0 spiro atoms. The van der Waals surface area contributed by atoms with Gasteiger partial charge in [-0.3, -0.25) is 4.90 Å². The van der Waals surface area contributed by atoms with Crippen LogP contribution in [0.4, 0.5) is 0 Å². The summed E-state index contributed by atoms with van der Waals surface area (Å²) in [6.45, 7) is 8.73. The quantitative estimate of drug-likeness (QED) is 0.833. The van der Waals surface area contributed by atoms with Crippen LogP contribution in [0.15, 0.2) is 24.3 Å². The molecule has 0 radical (unpaired) electrons. The first kappa shape index (κ1) is 17.9. The number of ether oxygens (including phenoxy) is 1. The fourth-order valence-corrected chi connectivity index (χ4v) is 3.50. The SMILES string of the molecule is Cc1cccc(OC[C@H](O)CN2CCC[C@@H]2Cn2nc(C)nc2C)c1. The Morgan fingerprint density at radius 2 is 2.16 bits per heavy atom. The van der Waals surface area contributed by atoms with Gasteiger partial charge in [-0.1, -0.05) is 12.1 Å². The average molecular weight is 344 g/mol. The Balaban J connectivity index is 1.51. The smallest absolute Gasteiger partial charge is 0.147 e. The summed E-state index contributed by atoms with van der Waals surface area (Å²) in [6, 6.07) is 8.31. The molecule has 2 aromatic rings. The highest BCUT2D eigenvalue weighted by Gasteiger charge is 2.27. The Morgan fingerprint density at radius 1 is 1.32 bits per heavy atom. The van der Waals surface area contributed by atoms with Gasteiger partial charge in [-0.15, -0.1) is 0 Å². The third-order valence-corrected chi connectivity index (χ3v) is 4.72. The van der Waals surface area contributed by atoms with Crippen LogP contribution >= 0.6 is 0 Å². The summed E-state index contributed by atoms with van der Waals surface area (Å²) in [7, 11) is 0. The van der Waals surface area contributed by atoms with Crippen LogP contribution in [0.1, 0.15) is 30.1 Å². The summed E-state index contributed by atoms with van der Waals surface area (Å²) in [5.41, 5.74) is 1.16. The molecule has 1 aliphatic rings. The molecule has 136 valence electrons. The van der Waals surface area contributed by atoms with Crippen LogP contribution in [0.25, 0.3) is 0 Å². The Morgan fingerprint density at radius 3 is 2.88 bits per heavy atom. The maximum absolute atomic E-state index is 10.4. The fraction of sp³-hybridized carbons (Fsp3) is 0.579. The fourth-order valence-electron chi connectivity index (χ4n) is 3.50. The van der Waals surface area contributed by atoms with Crippen LogP contribution < -0.4 is 4.74 Å². The standard InChI is InChI=1S/C19H28N4O2/c1-14-6-4-8-19(10-14)25-13-18(24)12-22-9-5-7-17(22)11-23-16(3)20-15(2)21-23/h4,6,8,10,17-18,24H,5,7,9,11-13H2,1-3H3/t17-,18-/m1/s1. The number of hydrogen-bond donors (Lipinski definition) is 1. The summed E-state index contributed by atoms with van der Waals surface area (Å²) >= 11 is 0. The average Bonchev–Trinajstić information content (AvgIpc) is 3.12. The van der Waals surface area contributed by atoms with Crippen molar-refractivity contribution in [2.75, 3.05) is 19.7 Å². The van der Waals surface area contributed by atoms with Crippen LogP contribution in [0.2, 0.25) is 0 Å². The normalized spacial score (nSPS) is 19.3.